The maximum absolute atomic E-state index is 5.51. The van der Waals surface area contributed by atoms with Crippen molar-refractivity contribution in [2.75, 3.05) is 45.9 Å². The summed E-state index contributed by atoms with van der Waals surface area (Å²) in [7, 11) is 0. The molecule has 16 heavy (non-hydrogen) atoms. The van der Waals surface area contributed by atoms with Gasteiger partial charge in [0, 0.05) is 26.2 Å². The molecule has 92 valence electrons. The lowest BCUT2D eigenvalue weighted by Crippen LogP contribution is -2.33. The predicted octanol–water partition coefficient (Wildman–Crippen LogP) is 1.10. The molecule has 3 heteroatoms. The van der Waals surface area contributed by atoms with E-state index in [0.29, 0.717) is 0 Å². The van der Waals surface area contributed by atoms with Gasteiger partial charge in [-0.15, -0.1) is 0 Å². The molecule has 3 aliphatic rings. The second-order valence-corrected chi connectivity index (χ2v) is 5.78. The highest BCUT2D eigenvalue weighted by atomic mass is 16.5. The van der Waals surface area contributed by atoms with Gasteiger partial charge < -0.3 is 15.0 Å². The van der Waals surface area contributed by atoms with Gasteiger partial charge in [-0.25, -0.2) is 0 Å². The molecule has 0 amide bonds. The van der Waals surface area contributed by atoms with Crippen LogP contribution in [0.3, 0.4) is 0 Å². The van der Waals surface area contributed by atoms with Crippen LogP contribution >= 0.6 is 0 Å². The maximum atomic E-state index is 5.51. The standard InChI is InChI=1S/C13H24N2O/c1-6-15(7-9-16-8-1)11-12-10-13(12)2-4-14-5-3-13/h12,14H,1-11H2. The van der Waals surface area contributed by atoms with Crippen LogP contribution in [0.2, 0.25) is 0 Å². The Morgan fingerprint density at radius 3 is 2.94 bits per heavy atom. The van der Waals surface area contributed by atoms with Gasteiger partial charge in [-0.1, -0.05) is 0 Å². The third-order valence-corrected chi connectivity index (χ3v) is 4.75. The van der Waals surface area contributed by atoms with Crippen molar-refractivity contribution in [3.8, 4) is 0 Å². The van der Waals surface area contributed by atoms with Gasteiger partial charge in [0.1, 0.15) is 0 Å². The Morgan fingerprint density at radius 2 is 2.06 bits per heavy atom. The largest absolute Gasteiger partial charge is 0.380 e. The smallest absolute Gasteiger partial charge is 0.0593 e. The molecular weight excluding hydrogens is 200 g/mol. The van der Waals surface area contributed by atoms with Crippen LogP contribution < -0.4 is 5.32 Å². The molecular formula is C13H24N2O. The topological polar surface area (TPSA) is 24.5 Å². The van der Waals surface area contributed by atoms with E-state index in [1.54, 1.807) is 0 Å². The van der Waals surface area contributed by atoms with Gasteiger partial charge in [-0.2, -0.15) is 0 Å². The molecule has 0 radical (unpaired) electrons. The van der Waals surface area contributed by atoms with Crippen LogP contribution in [0.25, 0.3) is 0 Å². The fourth-order valence-corrected chi connectivity index (χ4v) is 3.52. The highest BCUT2D eigenvalue weighted by molar-refractivity contribution is 5.05. The van der Waals surface area contributed by atoms with Crippen LogP contribution in [0.5, 0.6) is 0 Å². The van der Waals surface area contributed by atoms with E-state index in [9.17, 15) is 0 Å². The molecule has 1 saturated carbocycles. The molecule has 2 saturated heterocycles. The van der Waals surface area contributed by atoms with Crippen LogP contribution in [0, 0.1) is 11.3 Å². The lowest BCUT2D eigenvalue weighted by atomic mass is 9.92. The summed E-state index contributed by atoms with van der Waals surface area (Å²) in [6.45, 7) is 8.16. The molecule has 1 aliphatic carbocycles. The van der Waals surface area contributed by atoms with Gasteiger partial charge in [-0.05, 0) is 50.1 Å². The Morgan fingerprint density at radius 1 is 1.19 bits per heavy atom. The second-order valence-electron chi connectivity index (χ2n) is 5.78. The average Bonchev–Trinajstić information content (AvgIpc) is 3.02. The third-order valence-electron chi connectivity index (χ3n) is 4.75. The number of ether oxygens (including phenoxy) is 1. The normalized spacial score (nSPS) is 34.9. The minimum Gasteiger partial charge on any atom is -0.380 e. The number of nitrogens with zero attached hydrogens (tertiary/aromatic N) is 1. The summed E-state index contributed by atoms with van der Waals surface area (Å²) in [5.74, 6) is 0.993. The number of nitrogens with one attached hydrogen (secondary N) is 1. The van der Waals surface area contributed by atoms with Gasteiger partial charge >= 0.3 is 0 Å². The molecule has 2 heterocycles. The monoisotopic (exact) mass is 224 g/mol. The van der Waals surface area contributed by atoms with Crippen molar-refractivity contribution in [3.63, 3.8) is 0 Å². The minimum atomic E-state index is 0.748. The van der Waals surface area contributed by atoms with Crippen LogP contribution in [0.15, 0.2) is 0 Å². The van der Waals surface area contributed by atoms with E-state index in [1.807, 2.05) is 0 Å². The molecule has 1 atom stereocenters. The maximum Gasteiger partial charge on any atom is 0.0593 e. The SMILES string of the molecule is C1COCCN(CC2CC23CCNCC3)C1. The van der Waals surface area contributed by atoms with E-state index in [4.69, 9.17) is 4.74 Å². The van der Waals surface area contributed by atoms with Gasteiger partial charge in [0.05, 0.1) is 6.61 Å². The Kier molecular flexibility index (Phi) is 3.18. The Hall–Kier alpha value is -0.120. The van der Waals surface area contributed by atoms with Gasteiger partial charge in [0.2, 0.25) is 0 Å². The summed E-state index contributed by atoms with van der Waals surface area (Å²) >= 11 is 0. The molecule has 3 nitrogen and oxygen atoms in total. The Labute approximate surface area is 98.5 Å². The minimum absolute atomic E-state index is 0.748. The molecule has 2 aliphatic heterocycles. The van der Waals surface area contributed by atoms with Gasteiger partial charge in [-0.3, -0.25) is 0 Å². The second kappa shape index (κ2) is 4.63. The van der Waals surface area contributed by atoms with Crippen molar-refractivity contribution in [1.82, 2.24) is 10.2 Å². The average molecular weight is 224 g/mol. The van der Waals surface area contributed by atoms with E-state index >= 15 is 0 Å². The zero-order valence-electron chi connectivity index (χ0n) is 10.2. The van der Waals surface area contributed by atoms with Crippen molar-refractivity contribution in [2.45, 2.75) is 25.7 Å². The summed E-state index contributed by atoms with van der Waals surface area (Å²) < 4.78 is 5.51. The van der Waals surface area contributed by atoms with Crippen LogP contribution in [0.4, 0.5) is 0 Å². The van der Waals surface area contributed by atoms with E-state index in [1.165, 1.54) is 51.9 Å². The van der Waals surface area contributed by atoms with E-state index in [0.717, 1.165) is 31.1 Å². The summed E-state index contributed by atoms with van der Waals surface area (Å²) in [6, 6.07) is 0. The first kappa shape index (κ1) is 11.0. The molecule has 0 bridgehead atoms. The van der Waals surface area contributed by atoms with Gasteiger partial charge in [0.25, 0.3) is 0 Å². The molecule has 1 spiro atoms. The molecule has 3 rings (SSSR count). The van der Waals surface area contributed by atoms with E-state index < -0.39 is 0 Å². The number of rotatable bonds is 2. The van der Waals surface area contributed by atoms with E-state index in [-0.39, 0.29) is 0 Å². The zero-order valence-corrected chi connectivity index (χ0v) is 10.2. The van der Waals surface area contributed by atoms with Crippen molar-refractivity contribution in [2.24, 2.45) is 11.3 Å². The summed E-state index contributed by atoms with van der Waals surface area (Å²) in [6.07, 6.45) is 5.55. The Bertz CT molecular complexity index is 230. The number of hydrogen-bond acceptors (Lipinski definition) is 3. The first-order valence-corrected chi connectivity index (χ1v) is 6.90. The van der Waals surface area contributed by atoms with Crippen LogP contribution in [0.1, 0.15) is 25.7 Å². The lowest BCUT2D eigenvalue weighted by Gasteiger charge is -2.26. The summed E-state index contributed by atoms with van der Waals surface area (Å²) in [4.78, 5) is 2.63. The van der Waals surface area contributed by atoms with Crippen molar-refractivity contribution in [1.29, 1.82) is 0 Å². The lowest BCUT2D eigenvalue weighted by molar-refractivity contribution is 0.139. The molecule has 1 unspecified atom stereocenters. The molecule has 0 aromatic heterocycles. The third kappa shape index (κ3) is 2.27. The fraction of sp³-hybridized carbons (Fsp3) is 1.00. The number of hydrogen-bond donors (Lipinski definition) is 1. The first-order chi connectivity index (χ1) is 7.89. The summed E-state index contributed by atoms with van der Waals surface area (Å²) in [5, 5.41) is 3.48. The van der Waals surface area contributed by atoms with Gasteiger partial charge in [0.15, 0.2) is 0 Å². The van der Waals surface area contributed by atoms with E-state index in [2.05, 4.69) is 10.2 Å². The van der Waals surface area contributed by atoms with Crippen LogP contribution in [-0.4, -0.2) is 50.8 Å². The van der Waals surface area contributed by atoms with Crippen LogP contribution in [-0.2, 0) is 4.74 Å². The zero-order chi connectivity index (χ0) is 10.8. The highest BCUT2D eigenvalue weighted by Crippen LogP contribution is 2.58. The fourth-order valence-electron chi connectivity index (χ4n) is 3.52. The summed E-state index contributed by atoms with van der Waals surface area (Å²) in [5.41, 5.74) is 0.748. The Balaban J connectivity index is 1.48. The van der Waals surface area contributed by atoms with Crippen molar-refractivity contribution >= 4 is 0 Å². The molecule has 0 aromatic carbocycles. The quantitative estimate of drug-likeness (QED) is 0.760. The molecule has 3 fully saturated rings. The predicted molar refractivity (Wildman–Crippen MR) is 64.5 cm³/mol. The highest BCUT2D eigenvalue weighted by Gasteiger charge is 2.53. The molecule has 0 aromatic rings. The van der Waals surface area contributed by atoms with Crippen molar-refractivity contribution < 1.29 is 4.74 Å². The first-order valence-electron chi connectivity index (χ1n) is 6.90. The molecule has 1 N–H and O–H groups in total. The number of piperidine rings is 1. The van der Waals surface area contributed by atoms with Crippen molar-refractivity contribution in [3.05, 3.63) is 0 Å².